The van der Waals surface area contributed by atoms with Crippen LogP contribution in [0.15, 0.2) is 59.8 Å². The Morgan fingerprint density at radius 3 is 2.75 bits per heavy atom. The summed E-state index contributed by atoms with van der Waals surface area (Å²) in [4.78, 5) is 26.7. The number of nitrogens with one attached hydrogen (secondary N) is 1. The van der Waals surface area contributed by atoms with Crippen LogP contribution >= 0.6 is 34.7 Å². The summed E-state index contributed by atoms with van der Waals surface area (Å²) in [5.41, 5.74) is 1.90. The van der Waals surface area contributed by atoms with Crippen LogP contribution in [0.2, 0.25) is 10.0 Å². The molecule has 0 unspecified atom stereocenters. The van der Waals surface area contributed by atoms with Gasteiger partial charge < -0.3 is 5.32 Å². The van der Waals surface area contributed by atoms with Gasteiger partial charge in [0.15, 0.2) is 5.65 Å². The molecule has 4 heterocycles. The second-order valence-corrected chi connectivity index (χ2v) is 8.42. The molecule has 0 amide bonds. The fourth-order valence-electron chi connectivity index (χ4n) is 3.50. The lowest BCUT2D eigenvalue weighted by atomic mass is 10.3. The first-order valence-corrected chi connectivity index (χ1v) is 10.8. The van der Waals surface area contributed by atoms with Gasteiger partial charge in [-0.25, -0.2) is 14.5 Å². The minimum atomic E-state index is -0.379. The molecule has 156 valence electrons. The summed E-state index contributed by atoms with van der Waals surface area (Å²) in [6.07, 6.45) is 4.76. The molecule has 2 aromatic carbocycles. The number of rotatable bonds is 3. The van der Waals surface area contributed by atoms with Gasteiger partial charge in [0.1, 0.15) is 10.9 Å². The van der Waals surface area contributed by atoms with Crippen LogP contribution in [-0.4, -0.2) is 33.5 Å². The van der Waals surface area contributed by atoms with E-state index in [1.807, 2.05) is 18.2 Å². The minimum Gasteiger partial charge on any atom is -0.324 e. The van der Waals surface area contributed by atoms with Crippen molar-refractivity contribution >= 4 is 73.4 Å². The first-order chi connectivity index (χ1) is 15.6. The van der Waals surface area contributed by atoms with Gasteiger partial charge in [-0.3, -0.25) is 9.20 Å². The molecular weight excluding hydrogens is 471 g/mol. The summed E-state index contributed by atoms with van der Waals surface area (Å²) >= 11 is 14.1. The van der Waals surface area contributed by atoms with Gasteiger partial charge in [0, 0.05) is 24.3 Å². The number of nitrogens with zero attached hydrogens (tertiary/aromatic N) is 7. The lowest BCUT2D eigenvalue weighted by Crippen LogP contribution is -2.23. The number of hydrogen-bond acceptors (Lipinski definition) is 8. The zero-order chi connectivity index (χ0) is 21.8. The average Bonchev–Trinajstić information content (AvgIpc) is 3.45. The van der Waals surface area contributed by atoms with Gasteiger partial charge >= 0.3 is 0 Å². The third kappa shape index (κ3) is 2.92. The molecule has 0 bridgehead atoms. The number of halogens is 2. The van der Waals surface area contributed by atoms with Crippen LogP contribution in [-0.2, 0) is 0 Å². The van der Waals surface area contributed by atoms with E-state index in [0.717, 1.165) is 15.9 Å². The predicted octanol–water partition coefficient (Wildman–Crippen LogP) is 4.48. The van der Waals surface area contributed by atoms with E-state index < -0.39 is 0 Å². The van der Waals surface area contributed by atoms with Crippen molar-refractivity contribution in [3.63, 3.8) is 0 Å². The Hall–Kier alpha value is -3.60. The Kier molecular flexibility index (Phi) is 4.32. The quantitative estimate of drug-likeness (QED) is 0.398. The SMILES string of the molecule is O=c1c2cnc(Nc3ccc4snnc4c3)nc2n2ccnc2n1-c1c(Cl)cccc1Cl. The van der Waals surface area contributed by atoms with Crippen LogP contribution in [0, 0.1) is 0 Å². The average molecular weight is 481 g/mol. The van der Waals surface area contributed by atoms with Crippen molar-refractivity contribution in [2.45, 2.75) is 0 Å². The predicted molar refractivity (Wildman–Crippen MR) is 125 cm³/mol. The molecule has 6 aromatic rings. The Morgan fingerprint density at radius 1 is 1.06 bits per heavy atom. The molecule has 0 spiro atoms. The van der Waals surface area contributed by atoms with Crippen LogP contribution in [0.4, 0.5) is 11.6 Å². The van der Waals surface area contributed by atoms with Crippen molar-refractivity contribution in [3.8, 4) is 5.69 Å². The molecule has 32 heavy (non-hydrogen) atoms. The number of hydrogen-bond donors (Lipinski definition) is 1. The lowest BCUT2D eigenvalue weighted by molar-refractivity contribution is 0.962. The molecule has 0 radical (unpaired) electrons. The van der Waals surface area contributed by atoms with Crippen molar-refractivity contribution < 1.29 is 0 Å². The van der Waals surface area contributed by atoms with Crippen molar-refractivity contribution in [1.82, 2.24) is 33.5 Å². The normalized spacial score (nSPS) is 11.6. The van der Waals surface area contributed by atoms with E-state index in [0.29, 0.717) is 33.1 Å². The number of benzene rings is 2. The van der Waals surface area contributed by atoms with Gasteiger partial charge in [0.25, 0.3) is 5.56 Å². The summed E-state index contributed by atoms with van der Waals surface area (Å²) in [6, 6.07) is 10.7. The fraction of sp³-hybridized carbons (Fsp3) is 0. The van der Waals surface area contributed by atoms with E-state index >= 15 is 0 Å². The molecule has 0 saturated carbocycles. The highest BCUT2D eigenvalue weighted by atomic mass is 35.5. The maximum atomic E-state index is 13.4. The van der Waals surface area contributed by atoms with Crippen molar-refractivity contribution in [3.05, 3.63) is 75.4 Å². The molecule has 0 fully saturated rings. The van der Waals surface area contributed by atoms with Crippen LogP contribution in [0.1, 0.15) is 0 Å². The number of anilines is 2. The molecule has 4 aromatic heterocycles. The van der Waals surface area contributed by atoms with Crippen LogP contribution in [0.25, 0.3) is 32.7 Å². The van der Waals surface area contributed by atoms with Crippen molar-refractivity contribution in [2.75, 3.05) is 5.32 Å². The molecule has 9 nitrogen and oxygen atoms in total. The van der Waals surface area contributed by atoms with Gasteiger partial charge in [-0.05, 0) is 41.9 Å². The highest BCUT2D eigenvalue weighted by molar-refractivity contribution is 7.12. The summed E-state index contributed by atoms with van der Waals surface area (Å²) in [6.45, 7) is 0. The highest BCUT2D eigenvalue weighted by Gasteiger charge is 2.19. The first kappa shape index (κ1) is 19.1. The van der Waals surface area contributed by atoms with Gasteiger partial charge in [-0.15, -0.1) is 5.10 Å². The molecule has 0 aliphatic rings. The maximum absolute atomic E-state index is 13.4. The van der Waals surface area contributed by atoms with Gasteiger partial charge in [0.05, 0.1) is 20.4 Å². The smallest absolute Gasteiger partial charge is 0.270 e. The second-order valence-electron chi connectivity index (χ2n) is 6.82. The third-order valence-electron chi connectivity index (χ3n) is 4.92. The fourth-order valence-corrected chi connectivity index (χ4v) is 4.60. The summed E-state index contributed by atoms with van der Waals surface area (Å²) in [5, 5.41) is 8.17. The topological polar surface area (TPSA) is 103 Å². The Morgan fingerprint density at radius 2 is 1.91 bits per heavy atom. The van der Waals surface area contributed by atoms with Crippen molar-refractivity contribution in [2.24, 2.45) is 0 Å². The van der Waals surface area contributed by atoms with E-state index in [9.17, 15) is 4.79 Å². The number of para-hydroxylation sites is 1. The monoisotopic (exact) mass is 480 g/mol. The second kappa shape index (κ2) is 7.23. The summed E-state index contributed by atoms with van der Waals surface area (Å²) < 4.78 is 7.98. The highest BCUT2D eigenvalue weighted by Crippen LogP contribution is 2.29. The zero-order valence-corrected chi connectivity index (χ0v) is 18.2. The minimum absolute atomic E-state index is 0.288. The standard InChI is InChI=1S/C20H10Cl2N8OS/c21-12-2-1-3-13(22)16(12)30-18(31)11-9-24-19(26-17(11)29-7-6-23-20(29)30)25-10-4-5-15-14(8-10)27-28-32-15/h1-9H,(H,24,25,26). The number of aromatic nitrogens is 7. The Bertz CT molecular complexity index is 1700. The molecule has 0 atom stereocenters. The van der Waals surface area contributed by atoms with E-state index in [2.05, 4.69) is 29.9 Å². The Labute approximate surface area is 193 Å². The van der Waals surface area contributed by atoms with Crippen LogP contribution in [0.3, 0.4) is 0 Å². The van der Waals surface area contributed by atoms with E-state index in [1.165, 1.54) is 22.3 Å². The molecular formula is C20H10Cl2N8OS. The molecule has 0 saturated heterocycles. The van der Waals surface area contributed by atoms with Crippen molar-refractivity contribution in [1.29, 1.82) is 0 Å². The lowest BCUT2D eigenvalue weighted by Gasteiger charge is -2.13. The summed E-state index contributed by atoms with van der Waals surface area (Å²) in [5.74, 6) is 0.653. The van der Waals surface area contributed by atoms with Gasteiger partial charge in [0.2, 0.25) is 11.7 Å². The Balaban J connectivity index is 1.55. The van der Waals surface area contributed by atoms with Crippen LogP contribution in [0.5, 0.6) is 0 Å². The molecule has 0 aliphatic carbocycles. The summed E-state index contributed by atoms with van der Waals surface area (Å²) in [7, 11) is 0. The number of imidazole rings is 1. The number of fused-ring (bicyclic) bond motifs is 4. The maximum Gasteiger partial charge on any atom is 0.270 e. The zero-order valence-electron chi connectivity index (χ0n) is 15.9. The first-order valence-electron chi connectivity index (χ1n) is 9.28. The van der Waals surface area contributed by atoms with E-state index in [-0.39, 0.29) is 10.9 Å². The van der Waals surface area contributed by atoms with Gasteiger partial charge in [-0.2, -0.15) is 4.98 Å². The molecule has 1 N–H and O–H groups in total. The molecule has 12 heteroatoms. The van der Waals surface area contributed by atoms with E-state index in [4.69, 9.17) is 23.2 Å². The third-order valence-corrected chi connectivity index (χ3v) is 6.23. The van der Waals surface area contributed by atoms with Crippen LogP contribution < -0.4 is 10.9 Å². The molecule has 0 aliphatic heterocycles. The van der Waals surface area contributed by atoms with E-state index in [1.54, 1.807) is 35.0 Å². The largest absolute Gasteiger partial charge is 0.324 e. The van der Waals surface area contributed by atoms with Gasteiger partial charge in [-0.1, -0.05) is 33.8 Å². The molecule has 6 rings (SSSR count).